The summed E-state index contributed by atoms with van der Waals surface area (Å²) in [7, 11) is -3.55. The summed E-state index contributed by atoms with van der Waals surface area (Å²) in [6.45, 7) is 4.12. The van der Waals surface area contributed by atoms with E-state index in [1.54, 1.807) is 31.2 Å². The molecule has 0 bridgehead atoms. The summed E-state index contributed by atoms with van der Waals surface area (Å²) in [5, 5.41) is 5.42. The van der Waals surface area contributed by atoms with Crippen LogP contribution in [0.3, 0.4) is 0 Å². The Morgan fingerprint density at radius 2 is 1.64 bits per heavy atom. The number of benzene rings is 2. The van der Waals surface area contributed by atoms with Crippen molar-refractivity contribution >= 4 is 33.2 Å². The first kappa shape index (κ1) is 21.6. The monoisotopic (exact) mass is 403 g/mol. The van der Waals surface area contributed by atoms with E-state index >= 15 is 0 Å². The molecule has 0 saturated heterocycles. The minimum atomic E-state index is -3.55. The number of anilines is 2. The Labute approximate surface area is 165 Å². The molecule has 0 aliphatic heterocycles. The zero-order valence-corrected chi connectivity index (χ0v) is 16.8. The molecule has 0 fully saturated rings. The third-order valence-electron chi connectivity index (χ3n) is 3.97. The van der Waals surface area contributed by atoms with Crippen molar-refractivity contribution in [2.75, 3.05) is 17.2 Å². The van der Waals surface area contributed by atoms with Gasteiger partial charge in [-0.1, -0.05) is 26.3 Å². The fourth-order valence-electron chi connectivity index (χ4n) is 2.37. The molecule has 150 valence electrons. The number of sulfonamides is 1. The summed E-state index contributed by atoms with van der Waals surface area (Å²) >= 11 is 0. The summed E-state index contributed by atoms with van der Waals surface area (Å²) in [6, 6.07) is 12.6. The molecule has 0 unspecified atom stereocenters. The molecule has 7 nitrogen and oxygen atoms in total. The highest BCUT2D eigenvalue weighted by Gasteiger charge is 2.14. The largest absolute Gasteiger partial charge is 0.326 e. The molecule has 8 heteroatoms. The zero-order chi connectivity index (χ0) is 20.6. The van der Waals surface area contributed by atoms with Crippen LogP contribution in [0.4, 0.5) is 11.4 Å². The van der Waals surface area contributed by atoms with Gasteiger partial charge in [0.05, 0.1) is 4.90 Å². The Kier molecular flexibility index (Phi) is 7.71. The van der Waals surface area contributed by atoms with Gasteiger partial charge in [-0.25, -0.2) is 13.1 Å². The average molecular weight is 404 g/mol. The molecule has 0 spiro atoms. The van der Waals surface area contributed by atoms with E-state index in [4.69, 9.17) is 0 Å². The molecule has 0 radical (unpaired) electrons. The smallest absolute Gasteiger partial charge is 0.255 e. The lowest BCUT2D eigenvalue weighted by atomic mass is 10.1. The lowest BCUT2D eigenvalue weighted by Gasteiger charge is -2.09. The van der Waals surface area contributed by atoms with Gasteiger partial charge < -0.3 is 10.6 Å². The zero-order valence-electron chi connectivity index (χ0n) is 16.0. The fourth-order valence-corrected chi connectivity index (χ4v) is 3.45. The van der Waals surface area contributed by atoms with E-state index in [0.29, 0.717) is 29.9 Å². The Bertz CT molecular complexity index is 925. The van der Waals surface area contributed by atoms with E-state index in [1.165, 1.54) is 24.3 Å². The molecule has 0 heterocycles. The minimum absolute atomic E-state index is 0.137. The Hall–Kier alpha value is -2.71. The van der Waals surface area contributed by atoms with E-state index in [1.807, 2.05) is 6.92 Å². The highest BCUT2D eigenvalue weighted by atomic mass is 32.2. The van der Waals surface area contributed by atoms with Gasteiger partial charge in [0.15, 0.2) is 0 Å². The standard InChI is InChI=1S/C20H25N3O4S/c1-3-5-13-21-28(26,27)18-11-9-16(10-12-18)23-20(25)15-7-6-8-17(14-15)22-19(24)4-2/h6-12,14,21H,3-5,13H2,1-2H3,(H,22,24)(H,23,25). The van der Waals surface area contributed by atoms with Crippen molar-refractivity contribution < 1.29 is 18.0 Å². The lowest BCUT2D eigenvalue weighted by Crippen LogP contribution is -2.24. The second-order valence-corrected chi connectivity index (χ2v) is 7.98. The summed E-state index contributed by atoms with van der Waals surface area (Å²) in [5.41, 5.74) is 1.39. The molecule has 0 aliphatic carbocycles. The minimum Gasteiger partial charge on any atom is -0.326 e. The van der Waals surface area contributed by atoms with Gasteiger partial charge in [0.2, 0.25) is 15.9 Å². The van der Waals surface area contributed by atoms with Crippen molar-refractivity contribution in [3.63, 3.8) is 0 Å². The molecule has 28 heavy (non-hydrogen) atoms. The SMILES string of the molecule is CCCCNS(=O)(=O)c1ccc(NC(=O)c2cccc(NC(=O)CC)c2)cc1. The summed E-state index contributed by atoms with van der Waals surface area (Å²) in [5.74, 6) is -0.494. The number of unbranched alkanes of at least 4 members (excludes halogenated alkanes) is 1. The molecule has 2 rings (SSSR count). The first-order valence-corrected chi connectivity index (χ1v) is 10.6. The second-order valence-electron chi connectivity index (χ2n) is 6.21. The van der Waals surface area contributed by atoms with Crippen molar-refractivity contribution in [2.45, 2.75) is 38.0 Å². The number of carbonyl (C=O) groups is 2. The van der Waals surface area contributed by atoms with Crippen LogP contribution in [0.25, 0.3) is 0 Å². The Morgan fingerprint density at radius 1 is 0.929 bits per heavy atom. The van der Waals surface area contributed by atoms with Gasteiger partial charge >= 0.3 is 0 Å². The molecule has 0 atom stereocenters. The maximum absolute atomic E-state index is 12.4. The summed E-state index contributed by atoms with van der Waals surface area (Å²) < 4.78 is 26.9. The van der Waals surface area contributed by atoms with Crippen molar-refractivity contribution in [3.8, 4) is 0 Å². The van der Waals surface area contributed by atoms with Gasteiger partial charge in [-0.3, -0.25) is 9.59 Å². The van der Waals surface area contributed by atoms with Crippen LogP contribution in [-0.2, 0) is 14.8 Å². The highest BCUT2D eigenvalue weighted by Crippen LogP contribution is 2.17. The number of rotatable bonds is 9. The third-order valence-corrected chi connectivity index (χ3v) is 5.45. The van der Waals surface area contributed by atoms with Gasteiger partial charge in [-0.2, -0.15) is 0 Å². The lowest BCUT2D eigenvalue weighted by molar-refractivity contribution is -0.115. The molecular weight excluding hydrogens is 378 g/mol. The molecule has 0 saturated carbocycles. The number of hydrogen-bond acceptors (Lipinski definition) is 4. The van der Waals surface area contributed by atoms with Crippen molar-refractivity contribution in [2.24, 2.45) is 0 Å². The van der Waals surface area contributed by atoms with Gasteiger partial charge in [0, 0.05) is 29.9 Å². The first-order valence-electron chi connectivity index (χ1n) is 9.16. The van der Waals surface area contributed by atoms with Crippen LogP contribution >= 0.6 is 0 Å². The maximum Gasteiger partial charge on any atom is 0.255 e. The van der Waals surface area contributed by atoms with E-state index in [9.17, 15) is 18.0 Å². The van der Waals surface area contributed by atoms with Gasteiger partial charge in [0.25, 0.3) is 5.91 Å². The first-order chi connectivity index (χ1) is 13.4. The van der Waals surface area contributed by atoms with E-state index in [-0.39, 0.29) is 16.7 Å². The van der Waals surface area contributed by atoms with Crippen LogP contribution in [0.15, 0.2) is 53.4 Å². The van der Waals surface area contributed by atoms with E-state index < -0.39 is 10.0 Å². The summed E-state index contributed by atoms with van der Waals surface area (Å²) in [4.78, 5) is 24.1. The second kappa shape index (κ2) is 10.0. The van der Waals surface area contributed by atoms with Gasteiger partial charge in [-0.15, -0.1) is 0 Å². The van der Waals surface area contributed by atoms with Crippen molar-refractivity contribution in [1.29, 1.82) is 0 Å². The molecule has 2 aromatic carbocycles. The number of carbonyl (C=O) groups excluding carboxylic acids is 2. The maximum atomic E-state index is 12.4. The van der Waals surface area contributed by atoms with Crippen LogP contribution in [0, 0.1) is 0 Å². The predicted molar refractivity (Wildman–Crippen MR) is 110 cm³/mol. The van der Waals surface area contributed by atoms with Crippen LogP contribution < -0.4 is 15.4 Å². The average Bonchev–Trinajstić information content (AvgIpc) is 2.68. The number of nitrogens with one attached hydrogen (secondary N) is 3. The van der Waals surface area contributed by atoms with Gasteiger partial charge in [-0.05, 0) is 48.9 Å². The van der Waals surface area contributed by atoms with Crippen LogP contribution in [0.1, 0.15) is 43.5 Å². The predicted octanol–water partition coefficient (Wildman–Crippen LogP) is 3.37. The van der Waals surface area contributed by atoms with Gasteiger partial charge in [0.1, 0.15) is 0 Å². The van der Waals surface area contributed by atoms with E-state index in [0.717, 1.165) is 12.8 Å². The molecule has 0 aromatic heterocycles. The molecule has 0 aliphatic rings. The number of amides is 2. The Balaban J connectivity index is 2.05. The van der Waals surface area contributed by atoms with Crippen molar-refractivity contribution in [1.82, 2.24) is 4.72 Å². The number of hydrogen-bond donors (Lipinski definition) is 3. The Morgan fingerprint density at radius 3 is 2.29 bits per heavy atom. The van der Waals surface area contributed by atoms with Crippen LogP contribution in [-0.4, -0.2) is 26.8 Å². The molecule has 3 N–H and O–H groups in total. The third kappa shape index (κ3) is 6.17. The molecular formula is C20H25N3O4S. The molecule has 2 aromatic rings. The normalized spacial score (nSPS) is 11.1. The highest BCUT2D eigenvalue weighted by molar-refractivity contribution is 7.89. The fraction of sp³-hybridized carbons (Fsp3) is 0.300. The quantitative estimate of drug-likeness (QED) is 0.558. The van der Waals surface area contributed by atoms with E-state index in [2.05, 4.69) is 15.4 Å². The van der Waals surface area contributed by atoms with Crippen LogP contribution in [0.5, 0.6) is 0 Å². The molecule has 2 amide bonds. The van der Waals surface area contributed by atoms with Crippen molar-refractivity contribution in [3.05, 3.63) is 54.1 Å². The topological polar surface area (TPSA) is 104 Å². The van der Waals surface area contributed by atoms with Crippen LogP contribution in [0.2, 0.25) is 0 Å². The summed E-state index contributed by atoms with van der Waals surface area (Å²) in [6.07, 6.45) is 2.01.